The van der Waals surface area contributed by atoms with E-state index in [0.717, 1.165) is 29.9 Å². The second-order valence-corrected chi connectivity index (χ2v) is 4.26. The summed E-state index contributed by atoms with van der Waals surface area (Å²) >= 11 is 0. The summed E-state index contributed by atoms with van der Waals surface area (Å²) in [6, 6.07) is 5.38. The molecule has 0 fully saturated rings. The Labute approximate surface area is 114 Å². The van der Waals surface area contributed by atoms with E-state index < -0.39 is 16.4 Å². The zero-order valence-electron chi connectivity index (χ0n) is 11.2. The standard InChI is InChI=1S/C13H14FN3O3/c1-3-9-6-10(16(2)15-9)8-20-11-4-5-13(17(18)19)12(14)7-11/h4-7H,3,8H2,1-2H3. The second-order valence-electron chi connectivity index (χ2n) is 4.26. The highest BCUT2D eigenvalue weighted by atomic mass is 19.1. The minimum absolute atomic E-state index is 0.223. The summed E-state index contributed by atoms with van der Waals surface area (Å²) in [6.07, 6.45) is 0.819. The van der Waals surface area contributed by atoms with Crippen molar-refractivity contribution in [1.82, 2.24) is 9.78 Å². The Morgan fingerprint density at radius 3 is 2.75 bits per heavy atom. The second kappa shape index (κ2) is 5.68. The van der Waals surface area contributed by atoms with Gasteiger partial charge in [0, 0.05) is 19.2 Å². The van der Waals surface area contributed by atoms with Crippen molar-refractivity contribution in [2.45, 2.75) is 20.0 Å². The molecule has 0 radical (unpaired) electrons. The summed E-state index contributed by atoms with van der Waals surface area (Å²) in [7, 11) is 1.80. The van der Waals surface area contributed by atoms with Gasteiger partial charge in [0.2, 0.25) is 5.82 Å². The lowest BCUT2D eigenvalue weighted by Gasteiger charge is -2.06. The maximum Gasteiger partial charge on any atom is 0.305 e. The van der Waals surface area contributed by atoms with Crippen LogP contribution in [0.25, 0.3) is 0 Å². The van der Waals surface area contributed by atoms with E-state index in [1.807, 2.05) is 13.0 Å². The van der Waals surface area contributed by atoms with Gasteiger partial charge in [0.05, 0.1) is 16.3 Å². The Morgan fingerprint density at radius 2 is 2.20 bits per heavy atom. The summed E-state index contributed by atoms with van der Waals surface area (Å²) in [5.74, 6) is -0.667. The van der Waals surface area contributed by atoms with Crippen LogP contribution in [-0.2, 0) is 20.1 Å². The smallest absolute Gasteiger partial charge is 0.305 e. The lowest BCUT2D eigenvalue weighted by Crippen LogP contribution is -2.03. The summed E-state index contributed by atoms with van der Waals surface area (Å²) in [5, 5.41) is 14.8. The maximum atomic E-state index is 13.4. The third-order valence-electron chi connectivity index (χ3n) is 2.89. The van der Waals surface area contributed by atoms with Crippen LogP contribution in [0.2, 0.25) is 0 Å². The highest BCUT2D eigenvalue weighted by Gasteiger charge is 2.14. The fourth-order valence-electron chi connectivity index (χ4n) is 1.76. The third-order valence-corrected chi connectivity index (χ3v) is 2.89. The topological polar surface area (TPSA) is 70.2 Å². The Morgan fingerprint density at radius 1 is 1.45 bits per heavy atom. The van der Waals surface area contributed by atoms with Gasteiger partial charge in [0.15, 0.2) is 0 Å². The van der Waals surface area contributed by atoms with Gasteiger partial charge in [-0.25, -0.2) is 0 Å². The molecule has 0 bridgehead atoms. The third kappa shape index (κ3) is 2.93. The van der Waals surface area contributed by atoms with E-state index in [1.54, 1.807) is 11.7 Å². The van der Waals surface area contributed by atoms with Gasteiger partial charge in [-0.3, -0.25) is 14.8 Å². The van der Waals surface area contributed by atoms with Gasteiger partial charge in [-0.2, -0.15) is 9.49 Å². The predicted octanol–water partition coefficient (Wildman–Crippen LogP) is 2.61. The van der Waals surface area contributed by atoms with Crippen molar-refractivity contribution < 1.29 is 14.1 Å². The van der Waals surface area contributed by atoms with E-state index in [-0.39, 0.29) is 12.4 Å². The molecule has 106 valence electrons. The molecule has 0 unspecified atom stereocenters. The molecule has 0 atom stereocenters. The molecule has 0 spiro atoms. The van der Waals surface area contributed by atoms with E-state index >= 15 is 0 Å². The largest absolute Gasteiger partial charge is 0.487 e. The number of hydrogen-bond acceptors (Lipinski definition) is 4. The lowest BCUT2D eigenvalue weighted by molar-refractivity contribution is -0.387. The molecule has 1 heterocycles. The van der Waals surface area contributed by atoms with E-state index in [0.29, 0.717) is 0 Å². The van der Waals surface area contributed by atoms with E-state index in [2.05, 4.69) is 5.10 Å². The number of hydrogen-bond donors (Lipinski definition) is 0. The molecule has 0 aliphatic heterocycles. The quantitative estimate of drug-likeness (QED) is 0.623. The normalized spacial score (nSPS) is 10.6. The Balaban J connectivity index is 2.09. The van der Waals surface area contributed by atoms with Crippen LogP contribution in [0.15, 0.2) is 24.3 Å². The van der Waals surface area contributed by atoms with Gasteiger partial charge < -0.3 is 4.74 Å². The fourth-order valence-corrected chi connectivity index (χ4v) is 1.76. The number of benzene rings is 1. The molecule has 0 aliphatic rings. The van der Waals surface area contributed by atoms with Gasteiger partial charge in [-0.05, 0) is 18.6 Å². The van der Waals surface area contributed by atoms with Gasteiger partial charge in [0.25, 0.3) is 0 Å². The van der Waals surface area contributed by atoms with Crippen molar-refractivity contribution in [2.75, 3.05) is 0 Å². The molecule has 0 aliphatic carbocycles. The first-order valence-electron chi connectivity index (χ1n) is 6.09. The first kappa shape index (κ1) is 14.0. The Kier molecular flexibility index (Phi) is 3.97. The molecular formula is C13H14FN3O3. The molecule has 0 N–H and O–H groups in total. The zero-order valence-corrected chi connectivity index (χ0v) is 11.2. The minimum Gasteiger partial charge on any atom is -0.487 e. The number of rotatable bonds is 5. The van der Waals surface area contributed by atoms with E-state index in [1.165, 1.54) is 6.07 Å². The number of nitrogens with zero attached hydrogens (tertiary/aromatic N) is 3. The molecule has 0 saturated heterocycles. The van der Waals surface area contributed by atoms with Crippen LogP contribution in [0.1, 0.15) is 18.3 Å². The van der Waals surface area contributed by atoms with Crippen LogP contribution in [0.5, 0.6) is 5.75 Å². The molecule has 0 saturated carbocycles. The maximum absolute atomic E-state index is 13.4. The molecular weight excluding hydrogens is 265 g/mol. The van der Waals surface area contributed by atoms with Crippen molar-refractivity contribution >= 4 is 5.69 Å². The van der Waals surface area contributed by atoms with Gasteiger partial charge >= 0.3 is 5.69 Å². The summed E-state index contributed by atoms with van der Waals surface area (Å²) < 4.78 is 20.5. The predicted molar refractivity (Wildman–Crippen MR) is 70.0 cm³/mol. The van der Waals surface area contributed by atoms with Crippen LogP contribution in [0.3, 0.4) is 0 Å². The molecule has 7 heteroatoms. The van der Waals surface area contributed by atoms with Crippen molar-refractivity contribution in [3.63, 3.8) is 0 Å². The van der Waals surface area contributed by atoms with Gasteiger partial charge in [-0.1, -0.05) is 6.92 Å². The van der Waals surface area contributed by atoms with Gasteiger partial charge in [0.1, 0.15) is 12.4 Å². The molecule has 20 heavy (non-hydrogen) atoms. The first-order chi connectivity index (χ1) is 9.51. The Hall–Kier alpha value is -2.44. The van der Waals surface area contributed by atoms with Crippen LogP contribution < -0.4 is 4.74 Å². The minimum atomic E-state index is -0.910. The molecule has 6 nitrogen and oxygen atoms in total. The average molecular weight is 279 g/mol. The molecule has 0 amide bonds. The average Bonchev–Trinajstić information content (AvgIpc) is 2.76. The van der Waals surface area contributed by atoms with Gasteiger partial charge in [-0.15, -0.1) is 0 Å². The summed E-state index contributed by atoms with van der Waals surface area (Å²) in [5.41, 5.74) is 1.23. The van der Waals surface area contributed by atoms with Crippen molar-refractivity contribution in [3.05, 3.63) is 51.6 Å². The molecule has 1 aromatic heterocycles. The van der Waals surface area contributed by atoms with Crippen LogP contribution in [0, 0.1) is 15.9 Å². The summed E-state index contributed by atoms with van der Waals surface area (Å²) in [6.45, 7) is 2.22. The molecule has 2 aromatic rings. The SMILES string of the molecule is CCc1cc(COc2ccc([N+](=O)[O-])c(F)c2)n(C)n1. The summed E-state index contributed by atoms with van der Waals surface area (Å²) in [4.78, 5) is 9.74. The van der Waals surface area contributed by atoms with Crippen LogP contribution in [0.4, 0.5) is 10.1 Å². The highest BCUT2D eigenvalue weighted by Crippen LogP contribution is 2.23. The number of nitro benzene ring substituents is 1. The Bertz CT molecular complexity index is 640. The fraction of sp³-hybridized carbons (Fsp3) is 0.308. The highest BCUT2D eigenvalue weighted by molar-refractivity contribution is 5.38. The number of aryl methyl sites for hydroxylation is 2. The monoisotopic (exact) mass is 279 g/mol. The van der Waals surface area contributed by atoms with Crippen molar-refractivity contribution in [3.8, 4) is 5.75 Å². The zero-order chi connectivity index (χ0) is 14.7. The van der Waals surface area contributed by atoms with E-state index in [9.17, 15) is 14.5 Å². The van der Waals surface area contributed by atoms with Crippen LogP contribution in [-0.4, -0.2) is 14.7 Å². The number of aromatic nitrogens is 2. The number of halogens is 1. The lowest BCUT2D eigenvalue weighted by atomic mass is 10.3. The number of nitro groups is 1. The molecule has 2 rings (SSSR count). The van der Waals surface area contributed by atoms with E-state index in [4.69, 9.17) is 4.74 Å². The van der Waals surface area contributed by atoms with Crippen molar-refractivity contribution in [1.29, 1.82) is 0 Å². The molecule has 1 aromatic carbocycles. The number of ether oxygens (including phenoxy) is 1. The first-order valence-corrected chi connectivity index (χ1v) is 6.09. The van der Waals surface area contributed by atoms with Crippen molar-refractivity contribution in [2.24, 2.45) is 7.05 Å². The van der Waals surface area contributed by atoms with Crippen LogP contribution >= 0.6 is 0 Å².